The van der Waals surface area contributed by atoms with Gasteiger partial charge in [-0.05, 0) is 60.0 Å². The maximum absolute atomic E-state index is 13.6. The van der Waals surface area contributed by atoms with E-state index in [9.17, 15) is 23.2 Å². The monoisotopic (exact) mass is 521 g/mol. The van der Waals surface area contributed by atoms with Gasteiger partial charge < -0.3 is 9.64 Å². The van der Waals surface area contributed by atoms with Gasteiger partial charge in [-0.3, -0.25) is 9.69 Å². The van der Waals surface area contributed by atoms with Gasteiger partial charge >= 0.3 is 6.36 Å². The van der Waals surface area contributed by atoms with E-state index in [1.165, 1.54) is 42.3 Å². The number of nitrogens with zero attached hydrogens (tertiary/aromatic N) is 3. The van der Waals surface area contributed by atoms with Crippen molar-refractivity contribution in [3.05, 3.63) is 93.5 Å². The zero-order valence-corrected chi connectivity index (χ0v) is 20.0. The fraction of sp³-hybridized carbons (Fsp3) is 0.200. The summed E-state index contributed by atoms with van der Waals surface area (Å²) in [5.74, 6) is -0.734. The molecule has 0 aliphatic rings. The fourth-order valence-electron chi connectivity index (χ4n) is 3.38. The van der Waals surface area contributed by atoms with E-state index in [0.29, 0.717) is 34.3 Å². The molecule has 0 aliphatic heterocycles. The Hall–Kier alpha value is -3.41. The Kier molecular flexibility index (Phi) is 8.49. The minimum Gasteiger partial charge on any atom is -0.406 e. The van der Waals surface area contributed by atoms with Crippen LogP contribution in [0.25, 0.3) is 0 Å². The minimum absolute atomic E-state index is 0.112. The molecule has 0 N–H and O–H groups in total. The van der Waals surface area contributed by atoms with Crippen LogP contribution in [0.2, 0.25) is 10.0 Å². The summed E-state index contributed by atoms with van der Waals surface area (Å²) in [6.45, 7) is 0.407. The molecule has 0 heterocycles. The number of rotatable bonds is 8. The second-order valence-corrected chi connectivity index (χ2v) is 8.49. The number of benzene rings is 3. The Balaban J connectivity index is 1.89. The molecule has 3 aromatic carbocycles. The highest BCUT2D eigenvalue weighted by Crippen LogP contribution is 2.27. The van der Waals surface area contributed by atoms with Crippen LogP contribution in [0.5, 0.6) is 5.75 Å². The SMILES string of the molecule is CN(C#N)c1ccc(Cl)cc1C(=O)N(CCc1ccc(Cl)cc1)Cc1ccc(OC(F)(F)F)cc1. The van der Waals surface area contributed by atoms with E-state index in [0.717, 1.165) is 5.56 Å². The van der Waals surface area contributed by atoms with Crippen LogP contribution in [0.1, 0.15) is 21.5 Å². The molecule has 0 aliphatic carbocycles. The summed E-state index contributed by atoms with van der Waals surface area (Å²) in [7, 11) is 1.53. The van der Waals surface area contributed by atoms with Crippen LogP contribution in [0.3, 0.4) is 0 Å². The summed E-state index contributed by atoms with van der Waals surface area (Å²) < 4.78 is 41.3. The summed E-state index contributed by atoms with van der Waals surface area (Å²) in [6.07, 6.45) is -2.32. The van der Waals surface area contributed by atoms with E-state index in [1.54, 1.807) is 29.2 Å². The van der Waals surface area contributed by atoms with Gasteiger partial charge in [-0.15, -0.1) is 13.2 Å². The van der Waals surface area contributed by atoms with E-state index >= 15 is 0 Å². The van der Waals surface area contributed by atoms with Gasteiger partial charge in [0.05, 0.1) is 11.3 Å². The lowest BCUT2D eigenvalue weighted by Gasteiger charge is -2.25. The van der Waals surface area contributed by atoms with Crippen LogP contribution < -0.4 is 9.64 Å². The first kappa shape index (κ1) is 26.2. The molecule has 0 fully saturated rings. The average Bonchev–Trinajstić information content (AvgIpc) is 2.82. The van der Waals surface area contributed by atoms with Crippen molar-refractivity contribution in [1.29, 1.82) is 5.26 Å². The lowest BCUT2D eigenvalue weighted by Crippen LogP contribution is -2.33. The van der Waals surface area contributed by atoms with Gasteiger partial charge in [-0.25, -0.2) is 0 Å². The van der Waals surface area contributed by atoms with Crippen molar-refractivity contribution in [3.63, 3.8) is 0 Å². The molecule has 0 atom stereocenters. The Morgan fingerprint density at radius 1 is 0.971 bits per heavy atom. The molecule has 0 aromatic heterocycles. The largest absolute Gasteiger partial charge is 0.573 e. The van der Waals surface area contributed by atoms with E-state index < -0.39 is 6.36 Å². The van der Waals surface area contributed by atoms with E-state index in [2.05, 4.69) is 4.74 Å². The number of halogens is 5. The zero-order valence-electron chi connectivity index (χ0n) is 18.5. The number of ether oxygens (including phenoxy) is 1. The molecule has 0 bridgehead atoms. The van der Waals surface area contributed by atoms with E-state index in [1.807, 2.05) is 18.3 Å². The quantitative estimate of drug-likeness (QED) is 0.244. The van der Waals surface area contributed by atoms with Crippen molar-refractivity contribution < 1.29 is 22.7 Å². The van der Waals surface area contributed by atoms with Crippen molar-refractivity contribution in [2.24, 2.45) is 0 Å². The standard InChI is InChI=1S/C25H20Cl2F3N3O2/c1-32(16-31)23-11-8-20(27)14-22(23)24(34)33(13-12-17-2-6-19(26)7-3-17)15-18-4-9-21(10-5-18)35-25(28,29)30/h2-11,14H,12-13,15H2,1H3. The number of carbonyl (C=O) groups excluding carboxylic acids is 1. The Bertz CT molecular complexity index is 1210. The molecule has 0 unspecified atom stereocenters. The number of hydrogen-bond acceptors (Lipinski definition) is 4. The third-order valence-electron chi connectivity index (χ3n) is 5.10. The summed E-state index contributed by atoms with van der Waals surface area (Å²) in [5, 5.41) is 10.3. The highest BCUT2D eigenvalue weighted by molar-refractivity contribution is 6.31. The topological polar surface area (TPSA) is 56.6 Å². The number of amides is 1. The van der Waals surface area contributed by atoms with Crippen LogP contribution in [0.4, 0.5) is 18.9 Å². The van der Waals surface area contributed by atoms with Gasteiger partial charge in [0.25, 0.3) is 5.91 Å². The predicted octanol–water partition coefficient (Wildman–Crippen LogP) is 6.69. The molecule has 0 spiro atoms. The van der Waals surface area contributed by atoms with E-state index in [-0.39, 0.29) is 23.8 Å². The summed E-state index contributed by atoms with van der Waals surface area (Å²) in [5.41, 5.74) is 2.16. The van der Waals surface area contributed by atoms with Gasteiger partial charge in [0.2, 0.25) is 0 Å². The van der Waals surface area contributed by atoms with Crippen LogP contribution in [-0.2, 0) is 13.0 Å². The summed E-state index contributed by atoms with van der Waals surface area (Å²) in [4.78, 5) is 16.4. The molecular weight excluding hydrogens is 502 g/mol. The van der Waals surface area contributed by atoms with Crippen molar-refractivity contribution in [2.45, 2.75) is 19.3 Å². The molecule has 182 valence electrons. The maximum Gasteiger partial charge on any atom is 0.573 e. The molecule has 0 radical (unpaired) electrons. The van der Waals surface area contributed by atoms with Crippen LogP contribution in [-0.4, -0.2) is 30.8 Å². The summed E-state index contributed by atoms with van der Waals surface area (Å²) in [6, 6.07) is 17.2. The molecule has 3 rings (SSSR count). The zero-order chi connectivity index (χ0) is 25.6. The second kappa shape index (κ2) is 11.3. The normalized spacial score (nSPS) is 11.0. The molecule has 3 aromatic rings. The predicted molar refractivity (Wildman–Crippen MR) is 128 cm³/mol. The maximum atomic E-state index is 13.6. The number of carbonyl (C=O) groups is 1. The molecule has 5 nitrogen and oxygen atoms in total. The number of nitriles is 1. The van der Waals surface area contributed by atoms with Gasteiger partial charge in [-0.1, -0.05) is 47.5 Å². The molecule has 10 heteroatoms. The van der Waals surface area contributed by atoms with Crippen molar-refractivity contribution in [2.75, 3.05) is 18.5 Å². The molecule has 35 heavy (non-hydrogen) atoms. The highest BCUT2D eigenvalue weighted by Gasteiger charge is 2.31. The first-order valence-electron chi connectivity index (χ1n) is 10.4. The third-order valence-corrected chi connectivity index (χ3v) is 5.59. The van der Waals surface area contributed by atoms with Crippen molar-refractivity contribution >= 4 is 34.8 Å². The van der Waals surface area contributed by atoms with Crippen molar-refractivity contribution in [1.82, 2.24) is 4.90 Å². The Morgan fingerprint density at radius 3 is 2.17 bits per heavy atom. The number of alkyl halides is 3. The lowest BCUT2D eigenvalue weighted by atomic mass is 10.1. The van der Waals surface area contributed by atoms with Gasteiger partial charge in [0.15, 0.2) is 6.19 Å². The first-order chi connectivity index (χ1) is 16.6. The number of hydrogen-bond donors (Lipinski definition) is 0. The smallest absolute Gasteiger partial charge is 0.406 e. The Morgan fingerprint density at radius 2 is 1.57 bits per heavy atom. The van der Waals surface area contributed by atoms with Crippen LogP contribution in [0.15, 0.2) is 66.7 Å². The number of anilines is 1. The van der Waals surface area contributed by atoms with Gasteiger partial charge in [0, 0.05) is 30.2 Å². The van der Waals surface area contributed by atoms with Gasteiger partial charge in [0.1, 0.15) is 5.75 Å². The van der Waals surface area contributed by atoms with Gasteiger partial charge in [-0.2, -0.15) is 5.26 Å². The Labute approximate surface area is 210 Å². The fourth-order valence-corrected chi connectivity index (χ4v) is 3.68. The summed E-state index contributed by atoms with van der Waals surface area (Å²) >= 11 is 12.1. The lowest BCUT2D eigenvalue weighted by molar-refractivity contribution is -0.274. The average molecular weight is 522 g/mol. The molecular formula is C25H20Cl2F3N3O2. The van der Waals surface area contributed by atoms with Crippen LogP contribution in [0, 0.1) is 11.5 Å². The third kappa shape index (κ3) is 7.54. The highest BCUT2D eigenvalue weighted by atomic mass is 35.5. The molecule has 0 saturated carbocycles. The molecule has 1 amide bonds. The molecule has 0 saturated heterocycles. The van der Waals surface area contributed by atoms with Crippen molar-refractivity contribution in [3.8, 4) is 11.9 Å². The first-order valence-corrected chi connectivity index (χ1v) is 11.1. The van der Waals surface area contributed by atoms with E-state index in [4.69, 9.17) is 23.2 Å². The minimum atomic E-state index is -4.79. The van der Waals surface area contributed by atoms with Crippen LogP contribution >= 0.6 is 23.2 Å². The second-order valence-electron chi connectivity index (χ2n) is 7.62.